The summed E-state index contributed by atoms with van der Waals surface area (Å²) in [7, 11) is 0. The predicted octanol–water partition coefficient (Wildman–Crippen LogP) is 3.21. The third-order valence-corrected chi connectivity index (χ3v) is 5.58. The minimum absolute atomic E-state index is 0.221. The number of aryl methyl sites for hydroxylation is 1. The molecule has 2 N–H and O–H groups in total. The highest BCUT2D eigenvalue weighted by Gasteiger charge is 2.35. The average molecular weight is 304 g/mol. The van der Waals surface area contributed by atoms with Gasteiger partial charge in [0.05, 0.1) is 3.79 Å². The highest BCUT2D eigenvalue weighted by molar-refractivity contribution is 9.11. The summed E-state index contributed by atoms with van der Waals surface area (Å²) >= 11 is 5.35. The lowest BCUT2D eigenvalue weighted by atomic mass is 9.74. The van der Waals surface area contributed by atoms with E-state index in [1.807, 2.05) is 0 Å². The fraction of sp³-hybridized carbons (Fsp3) is 0.667. The van der Waals surface area contributed by atoms with Crippen LogP contribution in [0.2, 0.25) is 0 Å². The molecule has 0 unspecified atom stereocenters. The van der Waals surface area contributed by atoms with Gasteiger partial charge >= 0.3 is 0 Å². The van der Waals surface area contributed by atoms with E-state index >= 15 is 0 Å². The van der Waals surface area contributed by atoms with Gasteiger partial charge in [-0.05, 0) is 60.2 Å². The van der Waals surface area contributed by atoms with Gasteiger partial charge in [0, 0.05) is 23.6 Å². The summed E-state index contributed by atoms with van der Waals surface area (Å²) < 4.78 is 1.23. The summed E-state index contributed by atoms with van der Waals surface area (Å²) in [5.74, 6) is 0. The second kappa shape index (κ2) is 5.17. The standard InChI is InChI=1S/C12H18BrNOS/c1-9-7-10(16-11(9)13)8-14-12(5-6-15)3-2-4-12/h7,14-15H,2-6,8H2,1H3. The fourth-order valence-corrected chi connectivity index (χ4v) is 3.79. The molecule has 0 saturated heterocycles. The number of rotatable bonds is 5. The van der Waals surface area contributed by atoms with Gasteiger partial charge in [-0.3, -0.25) is 0 Å². The van der Waals surface area contributed by atoms with Crippen LogP contribution in [0.4, 0.5) is 0 Å². The van der Waals surface area contributed by atoms with Gasteiger partial charge in [-0.15, -0.1) is 11.3 Å². The highest BCUT2D eigenvalue weighted by atomic mass is 79.9. The zero-order chi connectivity index (χ0) is 11.6. The smallest absolute Gasteiger partial charge is 0.0730 e. The molecule has 90 valence electrons. The van der Waals surface area contributed by atoms with Crippen molar-refractivity contribution in [1.82, 2.24) is 5.32 Å². The summed E-state index contributed by atoms with van der Waals surface area (Å²) in [5.41, 5.74) is 1.53. The van der Waals surface area contributed by atoms with Crippen molar-refractivity contribution in [3.63, 3.8) is 0 Å². The first-order chi connectivity index (χ1) is 7.65. The summed E-state index contributed by atoms with van der Waals surface area (Å²) in [5, 5.41) is 12.7. The minimum atomic E-state index is 0.221. The Morgan fingerprint density at radius 2 is 2.31 bits per heavy atom. The summed E-state index contributed by atoms with van der Waals surface area (Å²) in [6, 6.07) is 2.23. The first-order valence-electron chi connectivity index (χ1n) is 5.76. The Kier molecular flexibility index (Phi) is 4.06. The number of aliphatic hydroxyl groups is 1. The third kappa shape index (κ3) is 2.67. The quantitative estimate of drug-likeness (QED) is 0.875. The van der Waals surface area contributed by atoms with Crippen LogP contribution in [-0.4, -0.2) is 17.3 Å². The molecule has 1 saturated carbocycles. The number of hydrogen-bond acceptors (Lipinski definition) is 3. The van der Waals surface area contributed by atoms with Crippen LogP contribution in [0, 0.1) is 6.92 Å². The second-order valence-electron chi connectivity index (χ2n) is 4.63. The Morgan fingerprint density at radius 3 is 2.75 bits per heavy atom. The highest BCUT2D eigenvalue weighted by Crippen LogP contribution is 2.35. The Hall–Kier alpha value is 0.100. The van der Waals surface area contributed by atoms with Gasteiger partial charge in [0.1, 0.15) is 0 Å². The molecule has 1 aromatic heterocycles. The van der Waals surface area contributed by atoms with E-state index in [1.165, 1.54) is 33.5 Å². The first-order valence-corrected chi connectivity index (χ1v) is 7.37. The van der Waals surface area contributed by atoms with Gasteiger partial charge in [0.15, 0.2) is 0 Å². The summed E-state index contributed by atoms with van der Waals surface area (Å²) in [4.78, 5) is 1.37. The van der Waals surface area contributed by atoms with Crippen molar-refractivity contribution in [3.05, 3.63) is 20.3 Å². The molecule has 0 radical (unpaired) electrons. The van der Waals surface area contributed by atoms with Crippen molar-refractivity contribution in [1.29, 1.82) is 0 Å². The van der Waals surface area contributed by atoms with E-state index in [0.29, 0.717) is 6.61 Å². The van der Waals surface area contributed by atoms with Crippen molar-refractivity contribution in [3.8, 4) is 0 Å². The zero-order valence-electron chi connectivity index (χ0n) is 9.55. The van der Waals surface area contributed by atoms with E-state index in [1.54, 1.807) is 11.3 Å². The van der Waals surface area contributed by atoms with Crippen LogP contribution in [0.25, 0.3) is 0 Å². The Balaban J connectivity index is 1.90. The van der Waals surface area contributed by atoms with Gasteiger partial charge in [-0.2, -0.15) is 0 Å². The van der Waals surface area contributed by atoms with E-state index in [-0.39, 0.29) is 5.54 Å². The average Bonchev–Trinajstić information content (AvgIpc) is 2.51. The molecule has 0 aromatic carbocycles. The molecule has 0 atom stereocenters. The summed E-state index contributed by atoms with van der Waals surface area (Å²) in [6.07, 6.45) is 4.59. The van der Waals surface area contributed by atoms with Crippen molar-refractivity contribution in [2.24, 2.45) is 0 Å². The van der Waals surface area contributed by atoms with Crippen molar-refractivity contribution >= 4 is 27.3 Å². The predicted molar refractivity (Wildman–Crippen MR) is 71.9 cm³/mol. The van der Waals surface area contributed by atoms with E-state index in [9.17, 15) is 0 Å². The first kappa shape index (κ1) is 12.6. The molecular formula is C12H18BrNOS. The number of halogens is 1. The molecule has 4 heteroatoms. The topological polar surface area (TPSA) is 32.3 Å². The van der Waals surface area contributed by atoms with Crippen LogP contribution in [0.5, 0.6) is 0 Å². The van der Waals surface area contributed by atoms with Gasteiger partial charge < -0.3 is 10.4 Å². The van der Waals surface area contributed by atoms with Gasteiger partial charge in [0.25, 0.3) is 0 Å². The van der Waals surface area contributed by atoms with Crippen LogP contribution in [0.15, 0.2) is 9.85 Å². The minimum Gasteiger partial charge on any atom is -0.396 e. The van der Waals surface area contributed by atoms with E-state index in [4.69, 9.17) is 5.11 Å². The number of hydrogen-bond donors (Lipinski definition) is 2. The lowest BCUT2D eigenvalue weighted by Crippen LogP contribution is -2.51. The lowest BCUT2D eigenvalue weighted by molar-refractivity contribution is 0.130. The van der Waals surface area contributed by atoms with Crippen LogP contribution < -0.4 is 5.32 Å². The van der Waals surface area contributed by atoms with Crippen LogP contribution in [0.3, 0.4) is 0 Å². The molecule has 1 fully saturated rings. The van der Waals surface area contributed by atoms with Gasteiger partial charge in [0.2, 0.25) is 0 Å². The van der Waals surface area contributed by atoms with Crippen molar-refractivity contribution in [2.75, 3.05) is 6.61 Å². The monoisotopic (exact) mass is 303 g/mol. The second-order valence-corrected chi connectivity index (χ2v) is 7.09. The molecule has 2 rings (SSSR count). The summed E-state index contributed by atoms with van der Waals surface area (Å²) in [6.45, 7) is 3.34. The molecule has 1 heterocycles. The maximum atomic E-state index is 9.07. The molecule has 1 aliphatic carbocycles. The molecule has 0 amide bonds. The van der Waals surface area contributed by atoms with E-state index in [0.717, 1.165) is 13.0 Å². The van der Waals surface area contributed by atoms with Crippen molar-refractivity contribution < 1.29 is 5.11 Å². The molecule has 16 heavy (non-hydrogen) atoms. The number of thiophene rings is 1. The molecule has 0 bridgehead atoms. The molecular weight excluding hydrogens is 286 g/mol. The van der Waals surface area contributed by atoms with Gasteiger partial charge in [-0.1, -0.05) is 0 Å². The van der Waals surface area contributed by atoms with Crippen LogP contribution in [0.1, 0.15) is 36.1 Å². The molecule has 0 aliphatic heterocycles. The fourth-order valence-electron chi connectivity index (χ4n) is 2.22. The van der Waals surface area contributed by atoms with E-state index < -0.39 is 0 Å². The Morgan fingerprint density at radius 1 is 1.56 bits per heavy atom. The molecule has 1 aliphatic rings. The van der Waals surface area contributed by atoms with Crippen LogP contribution >= 0.6 is 27.3 Å². The van der Waals surface area contributed by atoms with Gasteiger partial charge in [-0.25, -0.2) is 0 Å². The Bertz CT molecular complexity index is 340. The van der Waals surface area contributed by atoms with Crippen LogP contribution in [-0.2, 0) is 6.54 Å². The maximum absolute atomic E-state index is 9.07. The SMILES string of the molecule is Cc1cc(CNC2(CCO)CCC2)sc1Br. The maximum Gasteiger partial charge on any atom is 0.0730 e. The number of nitrogens with one attached hydrogen (secondary N) is 1. The third-order valence-electron chi connectivity index (χ3n) is 3.45. The Labute approximate surface area is 109 Å². The van der Waals surface area contributed by atoms with E-state index in [2.05, 4.69) is 34.2 Å². The molecule has 0 spiro atoms. The molecule has 1 aromatic rings. The zero-order valence-corrected chi connectivity index (χ0v) is 12.0. The van der Waals surface area contributed by atoms with Crippen molar-refractivity contribution in [2.45, 2.75) is 44.7 Å². The largest absolute Gasteiger partial charge is 0.396 e. The molecule has 2 nitrogen and oxygen atoms in total. The number of aliphatic hydroxyl groups excluding tert-OH is 1. The lowest BCUT2D eigenvalue weighted by Gasteiger charge is -2.42. The normalized spacial score (nSPS) is 18.4.